The fourth-order valence-electron chi connectivity index (χ4n) is 5.56. The van der Waals surface area contributed by atoms with Gasteiger partial charge in [-0.25, -0.2) is 4.39 Å². The molecule has 2 atom stereocenters. The van der Waals surface area contributed by atoms with Crippen molar-refractivity contribution in [2.75, 3.05) is 40.9 Å². The average molecular weight is 620 g/mol. The molecule has 6 rings (SSSR count). The van der Waals surface area contributed by atoms with E-state index in [-0.39, 0.29) is 62.1 Å². The van der Waals surface area contributed by atoms with Crippen LogP contribution in [0.1, 0.15) is 29.5 Å². The van der Waals surface area contributed by atoms with Crippen molar-refractivity contribution in [3.05, 3.63) is 83.2 Å². The van der Waals surface area contributed by atoms with Gasteiger partial charge in [-0.15, -0.1) is 0 Å². The van der Waals surface area contributed by atoms with Crippen molar-refractivity contribution in [2.24, 2.45) is 0 Å². The third-order valence-electron chi connectivity index (χ3n) is 8.08. The summed E-state index contributed by atoms with van der Waals surface area (Å²) in [6.07, 6.45) is 0.635. The minimum absolute atomic E-state index is 0.0152. The van der Waals surface area contributed by atoms with Gasteiger partial charge >= 0.3 is 0 Å². The monoisotopic (exact) mass is 619 g/mol. The summed E-state index contributed by atoms with van der Waals surface area (Å²) >= 11 is 0. The summed E-state index contributed by atoms with van der Waals surface area (Å²) in [5, 5.41) is 3.03. The maximum absolute atomic E-state index is 14.2. The molecule has 1 fully saturated rings. The van der Waals surface area contributed by atoms with E-state index in [1.54, 1.807) is 25.1 Å². The Balaban J connectivity index is 1.36. The van der Waals surface area contributed by atoms with E-state index < -0.39 is 11.9 Å². The van der Waals surface area contributed by atoms with Crippen molar-refractivity contribution in [2.45, 2.75) is 44.4 Å². The molecule has 0 spiro atoms. The van der Waals surface area contributed by atoms with Gasteiger partial charge in [0, 0.05) is 26.6 Å². The number of carbonyl (C=O) groups excluding carboxylic acids is 3. The normalized spacial score (nSPS) is 19.4. The summed E-state index contributed by atoms with van der Waals surface area (Å²) in [6.45, 7) is 0.719. The van der Waals surface area contributed by atoms with Crippen LogP contribution in [0.2, 0.25) is 0 Å². The Hall–Kier alpha value is -4.64. The maximum Gasteiger partial charge on any atom is 0.239 e. The van der Waals surface area contributed by atoms with Gasteiger partial charge in [0.05, 0.1) is 45.9 Å². The van der Waals surface area contributed by atoms with Crippen molar-refractivity contribution in [1.82, 2.24) is 15.1 Å². The number of likely N-dealkylation sites (N-methyl/N-ethyl adjacent to an activating group) is 1. The third-order valence-corrected chi connectivity index (χ3v) is 8.08. The quantitative estimate of drug-likeness (QED) is 0.473. The molecule has 1 saturated heterocycles. The smallest absolute Gasteiger partial charge is 0.239 e. The summed E-state index contributed by atoms with van der Waals surface area (Å²) in [4.78, 5) is 42.3. The number of aryl methyl sites for hydroxylation is 1. The van der Waals surface area contributed by atoms with Crippen molar-refractivity contribution in [3.8, 4) is 23.0 Å². The van der Waals surface area contributed by atoms with Gasteiger partial charge in [0.15, 0.2) is 23.1 Å². The van der Waals surface area contributed by atoms with Gasteiger partial charge in [-0.05, 0) is 65.9 Å². The number of amides is 3. The molecule has 3 aromatic rings. The molecule has 3 aliphatic heterocycles. The number of fused-ring (bicyclic) bond motifs is 9. The summed E-state index contributed by atoms with van der Waals surface area (Å²) in [5.41, 5.74) is 2.28. The van der Waals surface area contributed by atoms with Crippen LogP contribution in [0.5, 0.6) is 23.0 Å². The van der Waals surface area contributed by atoms with E-state index in [0.717, 1.165) is 11.1 Å². The number of nitrogens with zero attached hydrogens (tertiary/aromatic N) is 2. The molecule has 4 bridgehead atoms. The molecule has 0 radical (unpaired) electrons. The van der Waals surface area contributed by atoms with E-state index >= 15 is 0 Å². The fraction of sp³-hybridized carbons (Fsp3) is 0.382. The van der Waals surface area contributed by atoms with Crippen LogP contribution >= 0.6 is 0 Å². The van der Waals surface area contributed by atoms with Crippen LogP contribution in [0, 0.1) is 5.82 Å². The SMILES string of the molecule is COc1ccc(CC(=O)N2CC[C@@H]3NC(=O)CN(C)C(=O)CCc4ccc(c(OC)c4)Oc4cccc(c4)CO[C@H]3C2)cc1F. The van der Waals surface area contributed by atoms with Crippen LogP contribution in [-0.4, -0.2) is 80.6 Å². The number of hydrogen-bond donors (Lipinski definition) is 1. The zero-order valence-corrected chi connectivity index (χ0v) is 25.7. The van der Waals surface area contributed by atoms with E-state index in [2.05, 4.69) is 5.32 Å². The van der Waals surface area contributed by atoms with Gasteiger partial charge in [0.25, 0.3) is 0 Å². The lowest BCUT2D eigenvalue weighted by Crippen LogP contribution is -2.57. The maximum atomic E-state index is 14.2. The average Bonchev–Trinajstić information content (AvgIpc) is 3.03. The molecule has 0 aliphatic carbocycles. The minimum Gasteiger partial charge on any atom is -0.494 e. The predicted molar refractivity (Wildman–Crippen MR) is 164 cm³/mol. The van der Waals surface area contributed by atoms with E-state index in [0.29, 0.717) is 42.2 Å². The molecule has 238 valence electrons. The lowest BCUT2D eigenvalue weighted by Gasteiger charge is -2.39. The number of carbonyl (C=O) groups is 3. The highest BCUT2D eigenvalue weighted by Gasteiger charge is 2.33. The highest BCUT2D eigenvalue weighted by atomic mass is 19.1. The van der Waals surface area contributed by atoms with E-state index in [9.17, 15) is 18.8 Å². The van der Waals surface area contributed by atoms with E-state index in [4.69, 9.17) is 18.9 Å². The number of halogens is 1. The highest BCUT2D eigenvalue weighted by molar-refractivity contribution is 5.85. The van der Waals surface area contributed by atoms with Gasteiger partial charge < -0.3 is 34.1 Å². The number of likely N-dealkylation sites (tertiary alicyclic amines) is 1. The topological polar surface area (TPSA) is 107 Å². The van der Waals surface area contributed by atoms with Crippen molar-refractivity contribution < 1.29 is 37.7 Å². The second-order valence-corrected chi connectivity index (χ2v) is 11.3. The summed E-state index contributed by atoms with van der Waals surface area (Å²) in [5.74, 6) is 0.602. The largest absolute Gasteiger partial charge is 0.494 e. The number of benzene rings is 3. The lowest BCUT2D eigenvalue weighted by molar-refractivity contribution is -0.138. The summed E-state index contributed by atoms with van der Waals surface area (Å²) in [7, 11) is 4.55. The molecule has 0 saturated carbocycles. The van der Waals surface area contributed by atoms with Gasteiger partial charge in [0.1, 0.15) is 5.75 Å². The lowest BCUT2D eigenvalue weighted by atomic mass is 10.00. The minimum atomic E-state index is -0.530. The first kappa shape index (κ1) is 31.8. The molecule has 10 nitrogen and oxygen atoms in total. The molecule has 11 heteroatoms. The van der Waals surface area contributed by atoms with Crippen LogP contribution in [0.25, 0.3) is 0 Å². The van der Waals surface area contributed by atoms with Gasteiger partial charge in [-0.3, -0.25) is 14.4 Å². The number of piperidine rings is 1. The fourth-order valence-corrected chi connectivity index (χ4v) is 5.56. The van der Waals surface area contributed by atoms with Gasteiger partial charge in [-0.1, -0.05) is 24.3 Å². The van der Waals surface area contributed by atoms with Crippen molar-refractivity contribution >= 4 is 17.7 Å². The molecule has 45 heavy (non-hydrogen) atoms. The first-order valence-electron chi connectivity index (χ1n) is 14.9. The molecule has 3 aliphatic rings. The number of nitrogens with one attached hydrogen (secondary N) is 1. The molecule has 1 N–H and O–H groups in total. The number of rotatable bonds is 4. The van der Waals surface area contributed by atoms with Crippen LogP contribution < -0.4 is 19.5 Å². The second-order valence-electron chi connectivity index (χ2n) is 11.3. The first-order valence-corrected chi connectivity index (χ1v) is 14.9. The van der Waals surface area contributed by atoms with Crippen molar-refractivity contribution in [1.29, 1.82) is 0 Å². The molecule has 3 heterocycles. The Morgan fingerprint density at radius 2 is 1.82 bits per heavy atom. The molecule has 3 amide bonds. The molecular weight excluding hydrogens is 581 g/mol. The first-order chi connectivity index (χ1) is 21.7. The molecule has 0 unspecified atom stereocenters. The van der Waals surface area contributed by atoms with Crippen molar-refractivity contribution in [3.63, 3.8) is 0 Å². The van der Waals surface area contributed by atoms with Crippen LogP contribution in [0.3, 0.4) is 0 Å². The predicted octanol–water partition coefficient (Wildman–Crippen LogP) is 3.88. The van der Waals surface area contributed by atoms with Crippen LogP contribution in [0.4, 0.5) is 4.39 Å². The molecule has 3 aromatic carbocycles. The van der Waals surface area contributed by atoms with Crippen LogP contribution in [-0.2, 0) is 38.6 Å². The molecular formula is C34H38FN3O7. The van der Waals surface area contributed by atoms with Gasteiger partial charge in [-0.2, -0.15) is 0 Å². The number of methoxy groups -OCH3 is 2. The van der Waals surface area contributed by atoms with Gasteiger partial charge in [0.2, 0.25) is 17.7 Å². The number of hydrogen-bond acceptors (Lipinski definition) is 7. The summed E-state index contributed by atoms with van der Waals surface area (Å²) in [6, 6.07) is 17.1. The third kappa shape index (κ3) is 8.10. The Labute approximate surface area is 262 Å². The summed E-state index contributed by atoms with van der Waals surface area (Å²) < 4.78 is 37.3. The molecule has 0 aromatic heterocycles. The van der Waals surface area contributed by atoms with E-state index in [1.165, 1.54) is 24.1 Å². The zero-order chi connectivity index (χ0) is 31.9. The van der Waals surface area contributed by atoms with Crippen LogP contribution in [0.15, 0.2) is 60.7 Å². The van der Waals surface area contributed by atoms with E-state index in [1.807, 2.05) is 42.5 Å². The Kier molecular flexibility index (Phi) is 10.2. The Bertz CT molecular complexity index is 1550. The zero-order valence-electron chi connectivity index (χ0n) is 25.7. The Morgan fingerprint density at radius 3 is 2.60 bits per heavy atom. The second kappa shape index (κ2) is 14.4. The number of ether oxygens (including phenoxy) is 4. The standard InChI is InChI=1S/C34H38FN3O7/c1-37-20-32(39)36-27-13-14-38(34(41)18-23-8-10-28(42-2)26(35)16-23)19-31(27)44-21-24-5-4-6-25(15-24)45-29-11-7-22(9-12-33(37)40)17-30(29)43-3/h4-8,10-11,15-17,27,31H,9,12-14,18-21H2,1-3H3,(H,36,39)/t27-,31-/m0/s1. The Morgan fingerprint density at radius 1 is 1.00 bits per heavy atom. The highest BCUT2D eigenvalue weighted by Crippen LogP contribution is 2.33.